The first-order valence-corrected chi connectivity index (χ1v) is 10.1. The second-order valence-corrected chi connectivity index (χ2v) is 7.68. The van der Waals surface area contributed by atoms with Gasteiger partial charge in [0.25, 0.3) is 23.5 Å². The molecule has 1 N–H and O–H groups in total. The van der Waals surface area contributed by atoms with Gasteiger partial charge in [-0.2, -0.15) is 8.78 Å². The van der Waals surface area contributed by atoms with Crippen molar-refractivity contribution in [1.29, 1.82) is 0 Å². The molecule has 3 amide bonds. The number of ether oxygens (including phenoxy) is 1. The fourth-order valence-corrected chi connectivity index (χ4v) is 3.58. The van der Waals surface area contributed by atoms with Crippen LogP contribution in [0.5, 0.6) is 0 Å². The van der Waals surface area contributed by atoms with Crippen LogP contribution in [0.4, 0.5) is 14.5 Å². The molecule has 31 heavy (non-hydrogen) atoms. The standard InChI is InChI=1S/C21H18F2N2O5S/c1-12-6-7-13-14(10-12)20(29)25(19(13)28)9-8-18(27)30-11-17(26)24-15-4-2-3-5-16(15)31-21(22)23/h2-7,10,21H,8-9,11H2,1H3,(H,24,26). The number of benzene rings is 2. The van der Waals surface area contributed by atoms with Gasteiger partial charge in [0, 0.05) is 11.4 Å². The monoisotopic (exact) mass is 448 g/mol. The summed E-state index contributed by atoms with van der Waals surface area (Å²) in [6.45, 7) is 0.987. The molecule has 1 aliphatic rings. The molecule has 0 saturated carbocycles. The van der Waals surface area contributed by atoms with Gasteiger partial charge in [0.05, 0.1) is 23.2 Å². The number of hydrogen-bond donors (Lipinski definition) is 1. The summed E-state index contributed by atoms with van der Waals surface area (Å²) in [4.78, 5) is 49.8. The molecule has 1 aliphatic heterocycles. The number of carbonyl (C=O) groups is 4. The van der Waals surface area contributed by atoms with Crippen molar-refractivity contribution < 1.29 is 32.7 Å². The van der Waals surface area contributed by atoms with Crippen molar-refractivity contribution in [3.05, 3.63) is 59.2 Å². The zero-order valence-electron chi connectivity index (χ0n) is 16.4. The zero-order chi connectivity index (χ0) is 22.5. The molecule has 0 aromatic heterocycles. The van der Waals surface area contributed by atoms with E-state index in [1.165, 1.54) is 12.1 Å². The number of aryl methyl sites for hydroxylation is 1. The van der Waals surface area contributed by atoms with Gasteiger partial charge in [0.2, 0.25) is 0 Å². The molecule has 162 valence electrons. The topological polar surface area (TPSA) is 92.8 Å². The molecule has 3 rings (SSSR count). The number of para-hydroxylation sites is 1. The van der Waals surface area contributed by atoms with Crippen LogP contribution >= 0.6 is 11.8 Å². The highest BCUT2D eigenvalue weighted by atomic mass is 32.2. The maximum Gasteiger partial charge on any atom is 0.308 e. The van der Waals surface area contributed by atoms with E-state index in [4.69, 9.17) is 4.74 Å². The van der Waals surface area contributed by atoms with E-state index in [0.717, 1.165) is 10.5 Å². The van der Waals surface area contributed by atoms with Gasteiger partial charge in [-0.05, 0) is 31.2 Å². The third-order valence-corrected chi connectivity index (χ3v) is 5.20. The Morgan fingerprint density at radius 3 is 2.55 bits per heavy atom. The highest BCUT2D eigenvalue weighted by Gasteiger charge is 2.35. The molecule has 10 heteroatoms. The predicted octanol–water partition coefficient (Wildman–Crippen LogP) is 3.48. The molecule has 0 bridgehead atoms. The lowest BCUT2D eigenvalue weighted by molar-refractivity contribution is -0.147. The number of carbonyl (C=O) groups excluding carboxylic acids is 4. The van der Waals surface area contributed by atoms with Gasteiger partial charge in [-0.25, -0.2) is 0 Å². The van der Waals surface area contributed by atoms with Crippen LogP contribution < -0.4 is 5.32 Å². The van der Waals surface area contributed by atoms with Crippen LogP contribution in [0.1, 0.15) is 32.7 Å². The maximum absolute atomic E-state index is 12.6. The van der Waals surface area contributed by atoms with Crippen molar-refractivity contribution in [2.45, 2.75) is 24.0 Å². The second kappa shape index (κ2) is 9.69. The summed E-state index contributed by atoms with van der Waals surface area (Å²) in [5, 5.41) is 2.41. The van der Waals surface area contributed by atoms with E-state index >= 15 is 0 Å². The number of fused-ring (bicyclic) bond motifs is 1. The van der Waals surface area contributed by atoms with Crippen molar-refractivity contribution >= 4 is 41.1 Å². The van der Waals surface area contributed by atoms with Gasteiger partial charge < -0.3 is 10.1 Å². The third-order valence-electron chi connectivity index (χ3n) is 4.41. The number of hydrogen-bond acceptors (Lipinski definition) is 6. The Balaban J connectivity index is 1.49. The van der Waals surface area contributed by atoms with E-state index in [9.17, 15) is 28.0 Å². The van der Waals surface area contributed by atoms with Crippen molar-refractivity contribution in [1.82, 2.24) is 4.90 Å². The minimum atomic E-state index is -2.65. The van der Waals surface area contributed by atoms with E-state index in [2.05, 4.69) is 5.32 Å². The third kappa shape index (κ3) is 5.46. The lowest BCUT2D eigenvalue weighted by atomic mass is 10.1. The summed E-state index contributed by atoms with van der Waals surface area (Å²) < 4.78 is 30.1. The quantitative estimate of drug-likeness (QED) is 0.378. The van der Waals surface area contributed by atoms with Crippen LogP contribution in [0, 0.1) is 6.92 Å². The first kappa shape index (κ1) is 22.4. The minimum Gasteiger partial charge on any atom is -0.456 e. The molecular formula is C21H18F2N2O5S. The lowest BCUT2D eigenvalue weighted by Gasteiger charge is -2.13. The van der Waals surface area contributed by atoms with E-state index in [-0.39, 0.29) is 46.4 Å². The van der Waals surface area contributed by atoms with Gasteiger partial charge in [0.1, 0.15) is 0 Å². The SMILES string of the molecule is Cc1ccc2c(c1)C(=O)N(CCC(=O)OCC(=O)Nc1ccccc1SC(F)F)C2=O. The Kier molecular flexibility index (Phi) is 7.01. The van der Waals surface area contributed by atoms with Crippen LogP contribution in [0.3, 0.4) is 0 Å². The van der Waals surface area contributed by atoms with Gasteiger partial charge >= 0.3 is 5.97 Å². The molecule has 0 radical (unpaired) electrons. The van der Waals surface area contributed by atoms with Crippen molar-refractivity contribution in [3.8, 4) is 0 Å². The molecule has 7 nitrogen and oxygen atoms in total. The van der Waals surface area contributed by atoms with E-state index in [1.54, 1.807) is 37.3 Å². The normalized spacial score (nSPS) is 12.8. The summed E-state index contributed by atoms with van der Waals surface area (Å²) in [5.74, 6) is -5.10. The first-order valence-electron chi connectivity index (χ1n) is 9.22. The highest BCUT2D eigenvalue weighted by Crippen LogP contribution is 2.31. The second-order valence-electron chi connectivity index (χ2n) is 6.64. The summed E-state index contributed by atoms with van der Waals surface area (Å²) >= 11 is 0.285. The Morgan fingerprint density at radius 1 is 1.10 bits per heavy atom. The Bertz CT molecular complexity index is 1040. The molecule has 1 heterocycles. The van der Waals surface area contributed by atoms with Crippen LogP contribution in [0.2, 0.25) is 0 Å². The largest absolute Gasteiger partial charge is 0.456 e. The molecule has 0 aliphatic carbocycles. The Morgan fingerprint density at radius 2 is 1.81 bits per heavy atom. The number of halogens is 2. The maximum atomic E-state index is 12.6. The van der Waals surface area contributed by atoms with Gasteiger partial charge in [-0.15, -0.1) is 0 Å². The molecular weight excluding hydrogens is 430 g/mol. The summed E-state index contributed by atoms with van der Waals surface area (Å²) in [6.07, 6.45) is -0.282. The minimum absolute atomic E-state index is 0.176. The number of amides is 3. The number of alkyl halides is 2. The van der Waals surface area contributed by atoms with E-state index in [1.807, 2.05) is 0 Å². The van der Waals surface area contributed by atoms with Crippen molar-refractivity contribution in [2.75, 3.05) is 18.5 Å². The Labute approximate surface area is 180 Å². The molecule has 2 aromatic rings. The smallest absolute Gasteiger partial charge is 0.308 e. The molecule has 2 aromatic carbocycles. The molecule has 0 spiro atoms. The Hall–Kier alpha value is -3.27. The number of imide groups is 1. The number of nitrogens with one attached hydrogen (secondary N) is 1. The fraction of sp³-hybridized carbons (Fsp3) is 0.238. The van der Waals surface area contributed by atoms with Crippen LogP contribution in [-0.2, 0) is 14.3 Å². The van der Waals surface area contributed by atoms with Gasteiger partial charge in [0.15, 0.2) is 6.61 Å². The van der Waals surface area contributed by atoms with Crippen LogP contribution in [-0.4, -0.2) is 47.5 Å². The summed E-state index contributed by atoms with van der Waals surface area (Å²) in [6, 6.07) is 10.9. The predicted molar refractivity (Wildman–Crippen MR) is 109 cm³/mol. The summed E-state index contributed by atoms with van der Waals surface area (Å²) in [5.41, 5.74) is 1.58. The van der Waals surface area contributed by atoms with Crippen LogP contribution in [0.15, 0.2) is 47.4 Å². The number of thioether (sulfide) groups is 1. The summed E-state index contributed by atoms with van der Waals surface area (Å²) in [7, 11) is 0. The average Bonchev–Trinajstić information content (AvgIpc) is 2.95. The number of esters is 1. The number of anilines is 1. The molecule has 0 fully saturated rings. The molecule has 0 atom stereocenters. The highest BCUT2D eigenvalue weighted by molar-refractivity contribution is 7.99. The lowest BCUT2D eigenvalue weighted by Crippen LogP contribution is -2.32. The van der Waals surface area contributed by atoms with Crippen molar-refractivity contribution in [2.24, 2.45) is 0 Å². The van der Waals surface area contributed by atoms with Crippen LogP contribution in [0.25, 0.3) is 0 Å². The van der Waals surface area contributed by atoms with Gasteiger partial charge in [-0.1, -0.05) is 35.5 Å². The zero-order valence-corrected chi connectivity index (χ0v) is 17.2. The molecule has 0 saturated heterocycles. The average molecular weight is 448 g/mol. The fourth-order valence-electron chi connectivity index (χ4n) is 2.98. The molecule has 0 unspecified atom stereocenters. The number of rotatable bonds is 8. The van der Waals surface area contributed by atoms with E-state index < -0.39 is 36.1 Å². The van der Waals surface area contributed by atoms with E-state index in [0.29, 0.717) is 0 Å². The van der Waals surface area contributed by atoms with Crippen molar-refractivity contribution in [3.63, 3.8) is 0 Å². The van der Waals surface area contributed by atoms with Gasteiger partial charge in [-0.3, -0.25) is 24.1 Å². The first-order chi connectivity index (χ1) is 14.8. The number of nitrogens with zero attached hydrogens (tertiary/aromatic N) is 1.